The van der Waals surface area contributed by atoms with Gasteiger partial charge in [-0.05, 0) is 64.7 Å². The molecule has 0 spiro atoms. The van der Waals surface area contributed by atoms with Crippen LogP contribution < -0.4 is 0 Å². The molecular weight excluding hydrogens is 685 g/mol. The zero-order valence-corrected chi connectivity index (χ0v) is 30.2. The molecular formula is C51H32N4O. The minimum Gasteiger partial charge on any atom is -0.456 e. The van der Waals surface area contributed by atoms with E-state index in [2.05, 4.69) is 162 Å². The van der Waals surface area contributed by atoms with Gasteiger partial charge in [0.1, 0.15) is 11.2 Å². The Hall–Kier alpha value is -7.63. The molecule has 3 heterocycles. The van der Waals surface area contributed by atoms with E-state index in [1.54, 1.807) is 0 Å². The van der Waals surface area contributed by atoms with Crippen molar-refractivity contribution in [3.05, 3.63) is 194 Å². The Labute approximate surface area is 322 Å². The van der Waals surface area contributed by atoms with Crippen LogP contribution in [0, 0.1) is 0 Å². The van der Waals surface area contributed by atoms with E-state index >= 15 is 0 Å². The van der Waals surface area contributed by atoms with Gasteiger partial charge in [-0.2, -0.15) is 0 Å². The molecule has 0 aliphatic heterocycles. The summed E-state index contributed by atoms with van der Waals surface area (Å²) in [6.45, 7) is 0. The first-order valence-electron chi connectivity index (χ1n) is 18.8. The van der Waals surface area contributed by atoms with Crippen molar-refractivity contribution in [2.75, 3.05) is 0 Å². The number of furan rings is 1. The summed E-state index contributed by atoms with van der Waals surface area (Å²) in [5.41, 5.74) is 12.4. The highest BCUT2D eigenvalue weighted by molar-refractivity contribution is 6.18. The van der Waals surface area contributed by atoms with Crippen LogP contribution >= 0.6 is 0 Å². The highest BCUT2D eigenvalue weighted by Gasteiger charge is 2.21. The van der Waals surface area contributed by atoms with E-state index in [0.717, 1.165) is 82.8 Å². The standard InChI is InChI=1S/C51H32N4O/c1-4-14-33(15-5-1)34-26-28-37(29-27-34)50-52-49(36-18-8-3-9-19-36)53-51(54-50)38-30-31-43-41(32-38)40-20-10-11-22-42(40)55(43)44-23-13-25-46-48(44)47-39(21-12-24-45(47)56-46)35-16-6-2-7-17-35/h1-32H. The molecule has 5 nitrogen and oxygen atoms in total. The molecule has 5 heteroatoms. The van der Waals surface area contributed by atoms with E-state index in [1.807, 2.05) is 36.4 Å². The minimum atomic E-state index is 0.621. The smallest absolute Gasteiger partial charge is 0.164 e. The van der Waals surface area contributed by atoms with Gasteiger partial charge in [0.15, 0.2) is 17.5 Å². The minimum absolute atomic E-state index is 0.621. The molecule has 3 aromatic heterocycles. The third-order valence-corrected chi connectivity index (χ3v) is 10.7. The van der Waals surface area contributed by atoms with Crippen LogP contribution in [0.25, 0.3) is 106 Å². The zero-order chi connectivity index (χ0) is 37.0. The molecule has 0 aliphatic rings. The summed E-state index contributed by atoms with van der Waals surface area (Å²) in [7, 11) is 0. The number of hydrogen-bond acceptors (Lipinski definition) is 4. The van der Waals surface area contributed by atoms with E-state index in [4.69, 9.17) is 19.4 Å². The first-order valence-corrected chi connectivity index (χ1v) is 18.8. The molecule has 0 unspecified atom stereocenters. The molecule has 0 saturated carbocycles. The molecule has 0 N–H and O–H groups in total. The van der Waals surface area contributed by atoms with Crippen LogP contribution in [0.3, 0.4) is 0 Å². The molecule has 0 saturated heterocycles. The van der Waals surface area contributed by atoms with Crippen LogP contribution in [-0.4, -0.2) is 19.5 Å². The predicted molar refractivity (Wildman–Crippen MR) is 229 cm³/mol. The van der Waals surface area contributed by atoms with E-state index in [1.165, 1.54) is 5.56 Å². The summed E-state index contributed by atoms with van der Waals surface area (Å²) >= 11 is 0. The predicted octanol–water partition coefficient (Wildman–Crippen LogP) is 13.2. The van der Waals surface area contributed by atoms with Gasteiger partial charge in [0, 0.05) is 32.8 Å². The van der Waals surface area contributed by atoms with Crippen molar-refractivity contribution in [2.24, 2.45) is 0 Å². The van der Waals surface area contributed by atoms with Crippen molar-refractivity contribution in [1.29, 1.82) is 0 Å². The fourth-order valence-electron chi connectivity index (χ4n) is 8.06. The van der Waals surface area contributed by atoms with Crippen LogP contribution in [0.2, 0.25) is 0 Å². The first-order chi connectivity index (χ1) is 27.8. The largest absolute Gasteiger partial charge is 0.456 e. The second-order valence-corrected chi connectivity index (χ2v) is 14.0. The number of rotatable bonds is 6. The van der Waals surface area contributed by atoms with Crippen molar-refractivity contribution in [1.82, 2.24) is 19.5 Å². The quantitative estimate of drug-likeness (QED) is 0.172. The Morgan fingerprint density at radius 3 is 1.55 bits per heavy atom. The molecule has 0 aliphatic carbocycles. The highest BCUT2D eigenvalue weighted by atomic mass is 16.3. The molecule has 0 bridgehead atoms. The third-order valence-electron chi connectivity index (χ3n) is 10.7. The van der Waals surface area contributed by atoms with Crippen LogP contribution in [0.5, 0.6) is 0 Å². The topological polar surface area (TPSA) is 56.7 Å². The molecule has 262 valence electrons. The number of benzene rings is 8. The van der Waals surface area contributed by atoms with Crippen LogP contribution in [0.1, 0.15) is 0 Å². The van der Waals surface area contributed by atoms with Gasteiger partial charge in [-0.25, -0.2) is 15.0 Å². The first kappa shape index (κ1) is 31.9. The second-order valence-electron chi connectivity index (χ2n) is 14.0. The van der Waals surface area contributed by atoms with Gasteiger partial charge in [-0.3, -0.25) is 0 Å². The van der Waals surface area contributed by atoms with Crippen molar-refractivity contribution >= 4 is 43.7 Å². The molecule has 0 fully saturated rings. The van der Waals surface area contributed by atoms with Gasteiger partial charge in [0.2, 0.25) is 0 Å². The van der Waals surface area contributed by atoms with Gasteiger partial charge >= 0.3 is 0 Å². The molecule has 0 radical (unpaired) electrons. The third kappa shape index (κ3) is 5.29. The SMILES string of the molecule is c1ccc(-c2ccc(-c3nc(-c4ccccc4)nc(-c4ccc5c(c4)c4ccccc4n5-c4cccc5oc6cccc(-c7ccccc7)c6c45)n3)cc2)cc1. The summed E-state index contributed by atoms with van der Waals surface area (Å²) in [5, 5.41) is 4.45. The average molecular weight is 717 g/mol. The van der Waals surface area contributed by atoms with E-state index in [-0.39, 0.29) is 0 Å². The Balaban J connectivity index is 1.10. The lowest BCUT2D eigenvalue weighted by Crippen LogP contribution is -2.00. The van der Waals surface area contributed by atoms with Crippen LogP contribution in [0.15, 0.2) is 199 Å². The molecule has 0 atom stereocenters. The lowest BCUT2D eigenvalue weighted by atomic mass is 9.99. The van der Waals surface area contributed by atoms with Crippen molar-refractivity contribution in [3.63, 3.8) is 0 Å². The zero-order valence-electron chi connectivity index (χ0n) is 30.2. The maximum Gasteiger partial charge on any atom is 0.164 e. The number of hydrogen-bond donors (Lipinski definition) is 0. The summed E-state index contributed by atoms with van der Waals surface area (Å²) in [4.78, 5) is 15.2. The fraction of sp³-hybridized carbons (Fsp3) is 0. The maximum absolute atomic E-state index is 6.54. The monoisotopic (exact) mass is 716 g/mol. The van der Waals surface area contributed by atoms with E-state index in [0.29, 0.717) is 17.5 Å². The fourth-order valence-corrected chi connectivity index (χ4v) is 8.06. The Morgan fingerprint density at radius 2 is 0.839 bits per heavy atom. The molecule has 8 aromatic carbocycles. The van der Waals surface area contributed by atoms with E-state index < -0.39 is 0 Å². The Kier molecular flexibility index (Phi) is 7.42. The van der Waals surface area contributed by atoms with E-state index in [9.17, 15) is 0 Å². The van der Waals surface area contributed by atoms with Gasteiger partial charge in [-0.1, -0.05) is 152 Å². The van der Waals surface area contributed by atoms with Gasteiger partial charge in [-0.15, -0.1) is 0 Å². The number of para-hydroxylation sites is 1. The van der Waals surface area contributed by atoms with Gasteiger partial charge in [0.25, 0.3) is 0 Å². The molecule has 11 aromatic rings. The maximum atomic E-state index is 6.54. The number of fused-ring (bicyclic) bond motifs is 6. The van der Waals surface area contributed by atoms with Crippen LogP contribution in [0.4, 0.5) is 0 Å². The van der Waals surface area contributed by atoms with Crippen LogP contribution in [-0.2, 0) is 0 Å². The lowest BCUT2D eigenvalue weighted by molar-refractivity contribution is 0.669. The summed E-state index contributed by atoms with van der Waals surface area (Å²) < 4.78 is 8.91. The summed E-state index contributed by atoms with van der Waals surface area (Å²) in [6, 6.07) is 67.3. The van der Waals surface area contributed by atoms with Gasteiger partial charge < -0.3 is 8.98 Å². The second kappa shape index (κ2) is 13.0. The van der Waals surface area contributed by atoms with Gasteiger partial charge in [0.05, 0.1) is 22.1 Å². The van der Waals surface area contributed by atoms with Crippen molar-refractivity contribution in [2.45, 2.75) is 0 Å². The number of nitrogens with zero attached hydrogens (tertiary/aromatic N) is 4. The highest BCUT2D eigenvalue weighted by Crippen LogP contribution is 2.42. The van der Waals surface area contributed by atoms with Crippen molar-refractivity contribution in [3.8, 4) is 62.1 Å². The molecule has 11 rings (SSSR count). The van der Waals surface area contributed by atoms with Crippen molar-refractivity contribution < 1.29 is 4.42 Å². The summed E-state index contributed by atoms with van der Waals surface area (Å²) in [5.74, 6) is 1.88. The Morgan fingerprint density at radius 1 is 0.339 bits per heavy atom. The molecule has 56 heavy (non-hydrogen) atoms. The average Bonchev–Trinajstić information content (AvgIpc) is 3.83. The Bertz CT molecular complexity index is 3220. The molecule has 0 amide bonds. The number of aromatic nitrogens is 4. The summed E-state index contributed by atoms with van der Waals surface area (Å²) in [6.07, 6.45) is 0. The lowest BCUT2D eigenvalue weighted by Gasteiger charge is -2.12. The normalized spacial score (nSPS) is 11.6.